The first-order valence-corrected chi connectivity index (χ1v) is 10.9. The predicted molar refractivity (Wildman–Crippen MR) is 107 cm³/mol. The van der Waals surface area contributed by atoms with Crippen molar-refractivity contribution in [2.24, 2.45) is 7.05 Å². The fourth-order valence-corrected chi connectivity index (χ4v) is 4.08. The van der Waals surface area contributed by atoms with Crippen LogP contribution in [-0.4, -0.2) is 48.7 Å². The number of rotatable bonds is 5. The maximum Gasteiger partial charge on any atom is 0.416 e. The monoisotopic (exact) mass is 463 g/mol. The van der Waals surface area contributed by atoms with Crippen molar-refractivity contribution < 1.29 is 21.6 Å². The summed E-state index contributed by atoms with van der Waals surface area (Å²) >= 11 is 0. The second-order valence-corrected chi connectivity index (χ2v) is 8.97. The molecule has 0 amide bonds. The van der Waals surface area contributed by atoms with Crippen molar-refractivity contribution in [2.45, 2.75) is 18.0 Å². The lowest BCUT2D eigenvalue weighted by molar-refractivity contribution is -0.137. The first kappa shape index (κ1) is 21.6. The lowest BCUT2D eigenvalue weighted by Gasteiger charge is -2.09. The molecular weight excluding hydrogens is 447 g/mol. The van der Waals surface area contributed by atoms with E-state index in [0.717, 1.165) is 18.3 Å². The van der Waals surface area contributed by atoms with Crippen molar-refractivity contribution in [3.05, 3.63) is 54.7 Å². The Kier molecular flexibility index (Phi) is 5.28. The molecule has 4 aromatic heterocycles. The zero-order valence-corrected chi connectivity index (χ0v) is 17.6. The number of hydrogen-bond acceptors (Lipinski definition) is 7. The third-order valence-electron chi connectivity index (χ3n) is 4.68. The number of hydrogen-bond donors (Lipinski definition) is 0. The van der Waals surface area contributed by atoms with Crippen LogP contribution in [0.3, 0.4) is 0 Å². The van der Waals surface area contributed by atoms with Crippen LogP contribution in [0.4, 0.5) is 13.2 Å². The zero-order chi connectivity index (χ0) is 23.1. The minimum absolute atomic E-state index is 0.0356. The van der Waals surface area contributed by atoms with E-state index in [0.29, 0.717) is 5.82 Å². The van der Waals surface area contributed by atoms with Gasteiger partial charge in [0, 0.05) is 13.2 Å². The van der Waals surface area contributed by atoms with Crippen LogP contribution in [0.2, 0.25) is 0 Å². The Morgan fingerprint density at radius 2 is 1.88 bits per heavy atom. The summed E-state index contributed by atoms with van der Waals surface area (Å²) in [6.07, 6.45) is -0.775. The fourth-order valence-electron chi connectivity index (χ4n) is 3.05. The molecule has 0 spiro atoms. The molecule has 166 valence electrons. The SMILES string of the molecule is CCS(=O)(=O)c1ccc(-n2cncn2)nc1-c1cc(-c2cc(C(F)(F)F)ccn2)n(C)n1. The third-order valence-corrected chi connectivity index (χ3v) is 6.44. The standard InChI is InChI=1S/C19H16F3N7O2S/c1-3-32(30,31)16-4-5-17(29-11-23-10-25-29)26-18(16)14-9-15(28(2)27-14)13-8-12(6-7-24-13)19(20,21)22/h4-11H,3H2,1-2H3. The van der Waals surface area contributed by atoms with Gasteiger partial charge in [-0.1, -0.05) is 6.92 Å². The Bertz CT molecular complexity index is 1380. The van der Waals surface area contributed by atoms with E-state index in [1.807, 2.05) is 0 Å². The fraction of sp³-hybridized carbons (Fsp3) is 0.211. The van der Waals surface area contributed by atoms with E-state index in [4.69, 9.17) is 0 Å². The Morgan fingerprint density at radius 3 is 2.53 bits per heavy atom. The van der Waals surface area contributed by atoms with Crippen molar-refractivity contribution in [1.29, 1.82) is 0 Å². The smallest absolute Gasteiger partial charge is 0.266 e. The molecule has 4 rings (SSSR count). The van der Waals surface area contributed by atoms with Crippen LogP contribution in [0.25, 0.3) is 28.6 Å². The molecule has 0 aromatic carbocycles. The van der Waals surface area contributed by atoms with Gasteiger partial charge >= 0.3 is 6.18 Å². The van der Waals surface area contributed by atoms with Crippen LogP contribution in [0, 0.1) is 0 Å². The van der Waals surface area contributed by atoms with Gasteiger partial charge in [0.25, 0.3) is 0 Å². The van der Waals surface area contributed by atoms with E-state index in [9.17, 15) is 21.6 Å². The average molecular weight is 463 g/mol. The molecular formula is C19H16F3N7O2S. The van der Waals surface area contributed by atoms with Crippen LogP contribution >= 0.6 is 0 Å². The van der Waals surface area contributed by atoms with Gasteiger partial charge < -0.3 is 0 Å². The highest BCUT2D eigenvalue weighted by atomic mass is 32.2. The van der Waals surface area contributed by atoms with Gasteiger partial charge in [-0.05, 0) is 30.3 Å². The summed E-state index contributed by atoms with van der Waals surface area (Å²) in [6.45, 7) is 1.50. The lowest BCUT2D eigenvalue weighted by atomic mass is 10.1. The van der Waals surface area contributed by atoms with Gasteiger partial charge in [0.2, 0.25) is 0 Å². The summed E-state index contributed by atoms with van der Waals surface area (Å²) in [4.78, 5) is 12.2. The number of aryl methyl sites for hydroxylation is 1. The second kappa shape index (κ2) is 7.82. The molecule has 0 aliphatic heterocycles. The van der Waals surface area contributed by atoms with Gasteiger partial charge in [0.1, 0.15) is 24.0 Å². The molecule has 0 unspecified atom stereocenters. The Hall–Kier alpha value is -3.61. The highest BCUT2D eigenvalue weighted by Gasteiger charge is 2.31. The van der Waals surface area contributed by atoms with Crippen molar-refractivity contribution in [3.8, 4) is 28.6 Å². The number of nitrogens with zero attached hydrogens (tertiary/aromatic N) is 7. The summed E-state index contributed by atoms with van der Waals surface area (Å²) in [7, 11) is -2.15. The molecule has 4 aromatic rings. The summed E-state index contributed by atoms with van der Waals surface area (Å²) in [5.74, 6) is 0.135. The largest absolute Gasteiger partial charge is 0.416 e. The Balaban J connectivity index is 1.88. The number of sulfone groups is 1. The molecule has 0 atom stereocenters. The van der Waals surface area contributed by atoms with Crippen molar-refractivity contribution in [3.63, 3.8) is 0 Å². The molecule has 0 aliphatic rings. The second-order valence-electron chi connectivity index (χ2n) is 6.73. The third kappa shape index (κ3) is 3.98. The van der Waals surface area contributed by atoms with Crippen LogP contribution in [0.5, 0.6) is 0 Å². The van der Waals surface area contributed by atoms with E-state index in [-0.39, 0.29) is 33.4 Å². The summed E-state index contributed by atoms with van der Waals surface area (Å²) < 4.78 is 67.3. The van der Waals surface area contributed by atoms with Crippen molar-refractivity contribution in [1.82, 2.24) is 34.5 Å². The number of alkyl halides is 3. The Labute approximate surface area is 180 Å². The van der Waals surface area contributed by atoms with Gasteiger partial charge in [0.15, 0.2) is 15.7 Å². The lowest BCUT2D eigenvalue weighted by Crippen LogP contribution is -2.09. The molecule has 0 N–H and O–H groups in total. The molecule has 0 saturated carbocycles. The first-order chi connectivity index (χ1) is 15.1. The van der Waals surface area contributed by atoms with E-state index >= 15 is 0 Å². The van der Waals surface area contributed by atoms with Crippen LogP contribution in [0.1, 0.15) is 12.5 Å². The van der Waals surface area contributed by atoms with E-state index in [2.05, 4.69) is 25.1 Å². The maximum atomic E-state index is 13.1. The molecule has 4 heterocycles. The predicted octanol–water partition coefficient (Wildman–Crippen LogP) is 2.94. The van der Waals surface area contributed by atoms with Crippen molar-refractivity contribution in [2.75, 3.05) is 5.75 Å². The van der Waals surface area contributed by atoms with Gasteiger partial charge in [-0.3, -0.25) is 9.67 Å². The van der Waals surface area contributed by atoms with Gasteiger partial charge in [0.05, 0.1) is 27.6 Å². The minimum Gasteiger partial charge on any atom is -0.266 e. The van der Waals surface area contributed by atoms with Gasteiger partial charge in [-0.2, -0.15) is 23.4 Å². The summed E-state index contributed by atoms with van der Waals surface area (Å²) in [6, 6.07) is 6.11. The zero-order valence-electron chi connectivity index (χ0n) is 16.8. The van der Waals surface area contributed by atoms with E-state index in [1.165, 1.54) is 54.2 Å². The van der Waals surface area contributed by atoms with Crippen LogP contribution in [-0.2, 0) is 23.1 Å². The van der Waals surface area contributed by atoms with Gasteiger partial charge in [-0.15, -0.1) is 0 Å². The van der Waals surface area contributed by atoms with E-state index in [1.54, 1.807) is 0 Å². The highest BCUT2D eigenvalue weighted by Crippen LogP contribution is 2.33. The molecule has 0 radical (unpaired) electrons. The first-order valence-electron chi connectivity index (χ1n) is 9.27. The quantitative estimate of drug-likeness (QED) is 0.448. The normalized spacial score (nSPS) is 12.3. The molecule has 0 aliphatic carbocycles. The molecule has 9 nitrogen and oxygen atoms in total. The summed E-state index contributed by atoms with van der Waals surface area (Å²) in [5.41, 5.74) is -0.345. The number of aromatic nitrogens is 7. The van der Waals surface area contributed by atoms with Crippen molar-refractivity contribution >= 4 is 9.84 Å². The van der Waals surface area contributed by atoms with E-state index < -0.39 is 21.6 Å². The molecule has 0 fully saturated rings. The molecule has 32 heavy (non-hydrogen) atoms. The molecule has 0 saturated heterocycles. The van der Waals surface area contributed by atoms with Crippen LogP contribution in [0.15, 0.2) is 54.1 Å². The number of pyridine rings is 2. The molecule has 0 bridgehead atoms. The molecule has 13 heteroatoms. The van der Waals surface area contributed by atoms with Gasteiger partial charge in [-0.25, -0.2) is 23.1 Å². The minimum atomic E-state index is -4.53. The maximum absolute atomic E-state index is 13.1. The Morgan fingerprint density at radius 1 is 1.09 bits per heavy atom. The number of halogens is 3. The topological polar surface area (TPSA) is 108 Å². The van der Waals surface area contributed by atoms with Crippen LogP contribution < -0.4 is 0 Å². The highest BCUT2D eigenvalue weighted by molar-refractivity contribution is 7.91. The summed E-state index contributed by atoms with van der Waals surface area (Å²) in [5, 5.41) is 8.29. The average Bonchev–Trinajstić information content (AvgIpc) is 3.43.